The van der Waals surface area contributed by atoms with Crippen LogP contribution in [0.1, 0.15) is 17.5 Å². The zero-order valence-electron chi connectivity index (χ0n) is 18.0. The molecule has 1 heterocycles. The molecule has 2 aromatic carbocycles. The lowest BCUT2D eigenvalue weighted by Crippen LogP contribution is -2.23. The number of methoxy groups -OCH3 is 3. The first-order chi connectivity index (χ1) is 14.7. The molecule has 3 rings (SSSR count). The van der Waals surface area contributed by atoms with Gasteiger partial charge >= 0.3 is 6.18 Å². The van der Waals surface area contributed by atoms with Crippen molar-refractivity contribution in [1.29, 1.82) is 0 Å². The summed E-state index contributed by atoms with van der Waals surface area (Å²) >= 11 is 0. The predicted octanol–water partition coefficient (Wildman–Crippen LogP) is 4.43. The molecule has 0 spiro atoms. The number of rotatable bonds is 8. The second kappa shape index (κ2) is 9.55. The number of ether oxygens (including phenoxy) is 4. The van der Waals surface area contributed by atoms with E-state index in [-0.39, 0.29) is 11.9 Å². The largest absolute Gasteiger partial charge is 0.496 e. The van der Waals surface area contributed by atoms with Crippen molar-refractivity contribution in [3.05, 3.63) is 41.5 Å². The number of hydrogen-bond acceptors (Lipinski definition) is 6. The van der Waals surface area contributed by atoms with Crippen LogP contribution in [0.4, 0.5) is 18.9 Å². The van der Waals surface area contributed by atoms with Crippen molar-refractivity contribution in [2.24, 2.45) is 0 Å². The quantitative estimate of drug-likeness (QED) is 0.656. The SMILES string of the molecule is COc1cc(OC)c(OC)cc1CNc1ccc(C(F)(F)F)c(O[C@H]2CCN(C)C2)c1. The Balaban J connectivity index is 1.83. The van der Waals surface area contributed by atoms with Crippen molar-refractivity contribution in [2.45, 2.75) is 25.2 Å². The fourth-order valence-corrected chi connectivity index (χ4v) is 3.56. The van der Waals surface area contributed by atoms with Crippen LogP contribution >= 0.6 is 0 Å². The van der Waals surface area contributed by atoms with Gasteiger partial charge in [0.25, 0.3) is 0 Å². The Morgan fingerprint density at radius 2 is 1.65 bits per heavy atom. The normalized spacial score (nSPS) is 16.8. The lowest BCUT2D eigenvalue weighted by Gasteiger charge is -2.20. The Labute approximate surface area is 179 Å². The number of anilines is 1. The molecule has 2 aromatic rings. The first kappa shape index (κ1) is 22.9. The molecule has 1 fully saturated rings. The van der Waals surface area contributed by atoms with Crippen LogP contribution in [0.5, 0.6) is 23.0 Å². The van der Waals surface area contributed by atoms with Gasteiger partial charge in [-0.15, -0.1) is 0 Å². The minimum Gasteiger partial charge on any atom is -0.496 e. The summed E-state index contributed by atoms with van der Waals surface area (Å²) in [7, 11) is 6.51. The summed E-state index contributed by atoms with van der Waals surface area (Å²) in [4.78, 5) is 2.03. The van der Waals surface area contributed by atoms with Crippen LogP contribution in [0.15, 0.2) is 30.3 Å². The van der Waals surface area contributed by atoms with Crippen molar-refractivity contribution < 1.29 is 32.1 Å². The lowest BCUT2D eigenvalue weighted by atomic mass is 10.1. The molecular weight excluding hydrogens is 413 g/mol. The van der Waals surface area contributed by atoms with Crippen LogP contribution in [0.2, 0.25) is 0 Å². The van der Waals surface area contributed by atoms with Crippen LogP contribution in [0, 0.1) is 0 Å². The first-order valence-corrected chi connectivity index (χ1v) is 9.84. The van der Waals surface area contributed by atoms with Gasteiger partial charge in [0.1, 0.15) is 17.6 Å². The van der Waals surface area contributed by atoms with E-state index in [1.165, 1.54) is 33.5 Å². The fraction of sp³-hybridized carbons (Fsp3) is 0.455. The maximum Gasteiger partial charge on any atom is 0.419 e. The molecule has 170 valence electrons. The van der Waals surface area contributed by atoms with Gasteiger partial charge in [-0.3, -0.25) is 0 Å². The number of nitrogens with zero attached hydrogens (tertiary/aromatic N) is 1. The van der Waals surface area contributed by atoms with Crippen molar-refractivity contribution in [2.75, 3.05) is 46.8 Å². The first-order valence-electron chi connectivity index (χ1n) is 9.84. The maximum absolute atomic E-state index is 13.5. The van der Waals surface area contributed by atoms with E-state index in [0.29, 0.717) is 42.4 Å². The highest BCUT2D eigenvalue weighted by atomic mass is 19.4. The topological polar surface area (TPSA) is 52.2 Å². The zero-order valence-corrected chi connectivity index (χ0v) is 18.0. The summed E-state index contributed by atoms with van der Waals surface area (Å²) < 4.78 is 62.2. The summed E-state index contributed by atoms with van der Waals surface area (Å²) in [5.74, 6) is 1.45. The second-order valence-corrected chi connectivity index (χ2v) is 7.37. The number of alkyl halides is 3. The van der Waals surface area contributed by atoms with Crippen LogP contribution < -0.4 is 24.3 Å². The van der Waals surface area contributed by atoms with E-state index in [9.17, 15) is 13.2 Å². The molecule has 1 aliphatic rings. The molecule has 9 heteroatoms. The van der Waals surface area contributed by atoms with E-state index in [4.69, 9.17) is 18.9 Å². The Morgan fingerprint density at radius 1 is 0.968 bits per heavy atom. The number of hydrogen-bond donors (Lipinski definition) is 1. The third-order valence-electron chi connectivity index (χ3n) is 5.20. The average Bonchev–Trinajstić information content (AvgIpc) is 3.15. The summed E-state index contributed by atoms with van der Waals surface area (Å²) in [6.07, 6.45) is -4.08. The highest BCUT2D eigenvalue weighted by Gasteiger charge is 2.35. The summed E-state index contributed by atoms with van der Waals surface area (Å²) in [5, 5.41) is 3.14. The fourth-order valence-electron chi connectivity index (χ4n) is 3.56. The van der Waals surface area contributed by atoms with Gasteiger partial charge in [0, 0.05) is 43.0 Å². The van der Waals surface area contributed by atoms with Gasteiger partial charge in [-0.1, -0.05) is 0 Å². The molecule has 0 bridgehead atoms. The molecule has 0 amide bonds. The smallest absolute Gasteiger partial charge is 0.419 e. The minimum atomic E-state index is -4.50. The monoisotopic (exact) mass is 440 g/mol. The minimum absolute atomic E-state index is 0.169. The van der Waals surface area contributed by atoms with Crippen molar-refractivity contribution in [3.63, 3.8) is 0 Å². The molecule has 1 saturated heterocycles. The van der Waals surface area contributed by atoms with Gasteiger partial charge in [0.15, 0.2) is 11.5 Å². The maximum atomic E-state index is 13.5. The van der Waals surface area contributed by atoms with E-state index in [0.717, 1.165) is 18.2 Å². The average molecular weight is 440 g/mol. The van der Waals surface area contributed by atoms with Crippen LogP contribution in [-0.2, 0) is 12.7 Å². The second-order valence-electron chi connectivity index (χ2n) is 7.37. The van der Waals surface area contributed by atoms with Crippen molar-refractivity contribution in [3.8, 4) is 23.0 Å². The molecule has 0 radical (unpaired) electrons. The van der Waals surface area contributed by atoms with Crippen molar-refractivity contribution in [1.82, 2.24) is 4.90 Å². The van der Waals surface area contributed by atoms with E-state index < -0.39 is 11.7 Å². The van der Waals surface area contributed by atoms with Crippen molar-refractivity contribution >= 4 is 5.69 Å². The number of likely N-dealkylation sites (tertiary alicyclic amines) is 1. The summed E-state index contributed by atoms with van der Waals surface area (Å²) in [6, 6.07) is 7.30. The standard InChI is InChI=1S/C22H27F3N2O4/c1-27-8-7-16(13-27)31-19-10-15(5-6-17(19)22(23,24)25)26-12-14-9-20(29-3)21(30-4)11-18(14)28-2/h5-6,9-11,16,26H,7-8,12-13H2,1-4H3/t16-/m0/s1. The third kappa shape index (κ3) is 5.46. The van der Waals surface area contributed by atoms with Gasteiger partial charge in [-0.25, -0.2) is 0 Å². The lowest BCUT2D eigenvalue weighted by molar-refractivity contribution is -0.139. The molecule has 31 heavy (non-hydrogen) atoms. The Hall–Kier alpha value is -2.81. The molecule has 1 aliphatic heterocycles. The molecule has 6 nitrogen and oxygen atoms in total. The van der Waals surface area contributed by atoms with E-state index in [1.807, 2.05) is 11.9 Å². The number of benzene rings is 2. The molecule has 0 aliphatic carbocycles. The third-order valence-corrected chi connectivity index (χ3v) is 5.20. The van der Waals surface area contributed by atoms with Gasteiger partial charge in [0.2, 0.25) is 0 Å². The summed E-state index contributed by atoms with van der Waals surface area (Å²) in [6.45, 7) is 1.70. The predicted molar refractivity (Wildman–Crippen MR) is 111 cm³/mol. The van der Waals surface area contributed by atoms with Gasteiger partial charge in [0.05, 0.1) is 26.9 Å². The van der Waals surface area contributed by atoms with Gasteiger partial charge in [-0.05, 0) is 31.7 Å². The highest BCUT2D eigenvalue weighted by molar-refractivity contribution is 5.55. The Bertz CT molecular complexity index is 905. The summed E-state index contributed by atoms with van der Waals surface area (Å²) in [5.41, 5.74) is 0.488. The number of likely N-dealkylation sites (N-methyl/N-ethyl adjacent to an activating group) is 1. The number of halogens is 3. The van der Waals surface area contributed by atoms with E-state index >= 15 is 0 Å². The molecule has 1 N–H and O–H groups in total. The van der Waals surface area contributed by atoms with Crippen LogP contribution in [-0.4, -0.2) is 52.5 Å². The van der Waals surface area contributed by atoms with Crippen LogP contribution in [0.3, 0.4) is 0 Å². The Kier molecular flexibility index (Phi) is 7.04. The van der Waals surface area contributed by atoms with Crippen LogP contribution in [0.25, 0.3) is 0 Å². The molecule has 0 unspecified atom stereocenters. The Morgan fingerprint density at radius 3 is 2.23 bits per heavy atom. The van der Waals surface area contributed by atoms with E-state index in [2.05, 4.69) is 5.32 Å². The highest BCUT2D eigenvalue weighted by Crippen LogP contribution is 2.39. The van der Waals surface area contributed by atoms with Gasteiger partial charge in [-0.2, -0.15) is 13.2 Å². The van der Waals surface area contributed by atoms with E-state index in [1.54, 1.807) is 12.1 Å². The number of nitrogens with one attached hydrogen (secondary N) is 1. The molecule has 0 aromatic heterocycles. The molecule has 0 saturated carbocycles. The van der Waals surface area contributed by atoms with Gasteiger partial charge < -0.3 is 29.2 Å². The molecule has 1 atom stereocenters. The zero-order chi connectivity index (χ0) is 22.6. The molecular formula is C22H27F3N2O4.